The SMILES string of the molecule is CCNc1nnc(SCc2ncc(-c3cccc(Cl)c3)o2)s1. The fraction of sp³-hybridized carbons (Fsp3) is 0.214. The maximum absolute atomic E-state index is 5.98. The van der Waals surface area contributed by atoms with E-state index < -0.39 is 0 Å². The van der Waals surface area contributed by atoms with Gasteiger partial charge in [-0.3, -0.25) is 0 Å². The summed E-state index contributed by atoms with van der Waals surface area (Å²) in [7, 11) is 0. The van der Waals surface area contributed by atoms with Gasteiger partial charge in [0.2, 0.25) is 11.0 Å². The molecule has 0 aliphatic rings. The van der Waals surface area contributed by atoms with E-state index in [4.69, 9.17) is 16.0 Å². The molecule has 0 bridgehead atoms. The van der Waals surface area contributed by atoms with Crippen molar-refractivity contribution < 1.29 is 4.42 Å². The summed E-state index contributed by atoms with van der Waals surface area (Å²) < 4.78 is 6.64. The fourth-order valence-electron chi connectivity index (χ4n) is 1.77. The van der Waals surface area contributed by atoms with Crippen LogP contribution < -0.4 is 5.32 Å². The highest BCUT2D eigenvalue weighted by molar-refractivity contribution is 8.00. The molecule has 0 amide bonds. The van der Waals surface area contributed by atoms with Crippen molar-refractivity contribution in [1.29, 1.82) is 0 Å². The zero-order valence-corrected chi connectivity index (χ0v) is 14.1. The Kier molecular flexibility index (Phi) is 4.97. The van der Waals surface area contributed by atoms with E-state index in [0.717, 1.165) is 21.6 Å². The molecule has 0 unspecified atom stereocenters. The molecule has 0 aliphatic heterocycles. The first-order chi connectivity index (χ1) is 10.7. The van der Waals surface area contributed by atoms with Gasteiger partial charge in [-0.25, -0.2) is 4.98 Å². The monoisotopic (exact) mass is 352 g/mol. The molecule has 22 heavy (non-hydrogen) atoms. The second-order valence-corrected chi connectivity index (χ2v) is 6.96. The van der Waals surface area contributed by atoms with Gasteiger partial charge in [0.25, 0.3) is 0 Å². The molecule has 2 aromatic heterocycles. The Hall–Kier alpha value is -1.57. The van der Waals surface area contributed by atoms with Crippen LogP contribution in [0.3, 0.4) is 0 Å². The third kappa shape index (κ3) is 3.79. The van der Waals surface area contributed by atoms with Crippen LogP contribution in [0.1, 0.15) is 12.8 Å². The number of benzene rings is 1. The number of hydrogen-bond acceptors (Lipinski definition) is 7. The molecule has 8 heteroatoms. The largest absolute Gasteiger partial charge is 0.440 e. The van der Waals surface area contributed by atoms with Crippen LogP contribution in [0, 0.1) is 0 Å². The molecular formula is C14H13ClN4OS2. The molecule has 1 aromatic carbocycles. The summed E-state index contributed by atoms with van der Waals surface area (Å²) in [6.07, 6.45) is 1.71. The van der Waals surface area contributed by atoms with Crippen molar-refractivity contribution in [3.8, 4) is 11.3 Å². The van der Waals surface area contributed by atoms with E-state index in [1.807, 2.05) is 31.2 Å². The van der Waals surface area contributed by atoms with Gasteiger partial charge in [-0.15, -0.1) is 10.2 Å². The van der Waals surface area contributed by atoms with Gasteiger partial charge in [0, 0.05) is 17.1 Å². The molecular weight excluding hydrogens is 340 g/mol. The number of halogens is 1. The minimum atomic E-state index is 0.612. The Labute approximate surface area is 141 Å². The Balaban J connectivity index is 1.64. The minimum absolute atomic E-state index is 0.612. The van der Waals surface area contributed by atoms with E-state index in [9.17, 15) is 0 Å². The standard InChI is InChI=1S/C14H13ClN4OS2/c1-2-16-13-18-19-14(22-13)21-8-12-17-7-11(20-12)9-4-3-5-10(15)6-9/h3-7H,2,8H2,1H3,(H,16,18). The lowest BCUT2D eigenvalue weighted by molar-refractivity contribution is 0.530. The van der Waals surface area contributed by atoms with E-state index in [1.54, 1.807) is 18.0 Å². The van der Waals surface area contributed by atoms with Gasteiger partial charge in [0.15, 0.2) is 10.1 Å². The van der Waals surface area contributed by atoms with E-state index >= 15 is 0 Å². The molecule has 3 rings (SSSR count). The molecule has 5 nitrogen and oxygen atoms in total. The Morgan fingerprint density at radius 3 is 3.09 bits per heavy atom. The van der Waals surface area contributed by atoms with Crippen molar-refractivity contribution in [3.63, 3.8) is 0 Å². The number of hydrogen-bond donors (Lipinski definition) is 1. The lowest BCUT2D eigenvalue weighted by Gasteiger charge is -1.96. The van der Waals surface area contributed by atoms with Gasteiger partial charge in [-0.2, -0.15) is 0 Å². The summed E-state index contributed by atoms with van der Waals surface area (Å²) in [6, 6.07) is 7.51. The Morgan fingerprint density at radius 2 is 2.27 bits per heavy atom. The lowest BCUT2D eigenvalue weighted by atomic mass is 10.2. The molecule has 0 radical (unpaired) electrons. The van der Waals surface area contributed by atoms with Crippen LogP contribution >= 0.6 is 34.7 Å². The molecule has 3 aromatic rings. The third-order valence-electron chi connectivity index (χ3n) is 2.72. The second kappa shape index (κ2) is 7.13. The van der Waals surface area contributed by atoms with Gasteiger partial charge in [-0.05, 0) is 19.1 Å². The first-order valence-corrected chi connectivity index (χ1v) is 8.83. The number of aromatic nitrogens is 3. The fourth-order valence-corrected chi connectivity index (χ4v) is 3.63. The van der Waals surface area contributed by atoms with Crippen molar-refractivity contribution in [2.75, 3.05) is 11.9 Å². The second-order valence-electron chi connectivity index (χ2n) is 4.32. The van der Waals surface area contributed by atoms with Crippen LogP contribution in [0.4, 0.5) is 5.13 Å². The van der Waals surface area contributed by atoms with E-state index in [-0.39, 0.29) is 0 Å². The van der Waals surface area contributed by atoms with Crippen molar-refractivity contribution in [2.45, 2.75) is 17.0 Å². The quantitative estimate of drug-likeness (QED) is 0.655. The predicted molar refractivity (Wildman–Crippen MR) is 90.6 cm³/mol. The number of anilines is 1. The highest BCUT2D eigenvalue weighted by Crippen LogP contribution is 2.29. The number of oxazole rings is 1. The van der Waals surface area contributed by atoms with Crippen LogP contribution in [0.25, 0.3) is 11.3 Å². The van der Waals surface area contributed by atoms with Crippen molar-refractivity contribution in [3.05, 3.63) is 41.4 Å². The van der Waals surface area contributed by atoms with E-state index in [2.05, 4.69) is 20.5 Å². The van der Waals surface area contributed by atoms with Crippen LogP contribution in [-0.4, -0.2) is 21.7 Å². The Morgan fingerprint density at radius 1 is 1.36 bits per heavy atom. The van der Waals surface area contributed by atoms with Gasteiger partial charge in [-0.1, -0.05) is 46.8 Å². The van der Waals surface area contributed by atoms with Crippen LogP contribution in [0.2, 0.25) is 5.02 Å². The highest BCUT2D eigenvalue weighted by Gasteiger charge is 2.09. The summed E-state index contributed by atoms with van der Waals surface area (Å²) >= 11 is 9.06. The molecule has 0 spiro atoms. The zero-order valence-electron chi connectivity index (χ0n) is 11.7. The number of thioether (sulfide) groups is 1. The minimum Gasteiger partial charge on any atom is -0.440 e. The molecule has 0 atom stereocenters. The molecule has 0 saturated heterocycles. The summed E-state index contributed by atoms with van der Waals surface area (Å²) in [6.45, 7) is 2.86. The van der Waals surface area contributed by atoms with Crippen molar-refractivity contribution in [1.82, 2.24) is 15.2 Å². The van der Waals surface area contributed by atoms with E-state index in [1.165, 1.54) is 11.3 Å². The normalized spacial score (nSPS) is 10.8. The average Bonchev–Trinajstić information content (AvgIpc) is 3.15. The van der Waals surface area contributed by atoms with Gasteiger partial charge < -0.3 is 9.73 Å². The summed E-state index contributed by atoms with van der Waals surface area (Å²) in [4.78, 5) is 4.29. The van der Waals surface area contributed by atoms with Crippen LogP contribution in [-0.2, 0) is 5.75 Å². The lowest BCUT2D eigenvalue weighted by Crippen LogP contribution is -1.94. The molecule has 0 aliphatic carbocycles. The summed E-state index contributed by atoms with van der Waals surface area (Å²) in [5.41, 5.74) is 0.918. The highest BCUT2D eigenvalue weighted by atomic mass is 35.5. The third-order valence-corrected chi connectivity index (χ3v) is 4.95. The predicted octanol–water partition coefficient (Wildman–Crippen LogP) is 4.57. The molecule has 1 N–H and O–H groups in total. The first kappa shape index (κ1) is 15.3. The molecule has 2 heterocycles. The van der Waals surface area contributed by atoms with Crippen molar-refractivity contribution in [2.24, 2.45) is 0 Å². The van der Waals surface area contributed by atoms with Gasteiger partial charge >= 0.3 is 0 Å². The molecule has 114 valence electrons. The van der Waals surface area contributed by atoms with Crippen LogP contribution in [0.15, 0.2) is 39.2 Å². The van der Waals surface area contributed by atoms with Crippen LogP contribution in [0.5, 0.6) is 0 Å². The van der Waals surface area contributed by atoms with Gasteiger partial charge in [0.1, 0.15) is 0 Å². The number of nitrogens with one attached hydrogen (secondary N) is 1. The van der Waals surface area contributed by atoms with Gasteiger partial charge in [0.05, 0.1) is 11.9 Å². The Bertz CT molecular complexity index is 759. The maximum Gasteiger partial charge on any atom is 0.206 e. The first-order valence-electron chi connectivity index (χ1n) is 6.65. The summed E-state index contributed by atoms with van der Waals surface area (Å²) in [5, 5.41) is 12.8. The maximum atomic E-state index is 5.98. The smallest absolute Gasteiger partial charge is 0.206 e. The number of rotatable bonds is 6. The summed E-state index contributed by atoms with van der Waals surface area (Å²) in [5.74, 6) is 1.98. The number of nitrogens with zero attached hydrogens (tertiary/aromatic N) is 3. The molecule has 0 saturated carbocycles. The zero-order chi connectivity index (χ0) is 15.4. The molecule has 0 fully saturated rings. The topological polar surface area (TPSA) is 63.8 Å². The van der Waals surface area contributed by atoms with E-state index in [0.29, 0.717) is 22.4 Å². The average molecular weight is 353 g/mol. The van der Waals surface area contributed by atoms with Crippen molar-refractivity contribution >= 4 is 39.8 Å².